The lowest BCUT2D eigenvalue weighted by atomic mass is 9.97. The summed E-state index contributed by atoms with van der Waals surface area (Å²) in [5.41, 5.74) is 2.36. The first-order valence-electron chi connectivity index (χ1n) is 9.44. The predicted molar refractivity (Wildman–Crippen MR) is 104 cm³/mol. The molecule has 1 aromatic rings. The van der Waals surface area contributed by atoms with Gasteiger partial charge in [0.1, 0.15) is 0 Å². The number of benzene rings is 1. The van der Waals surface area contributed by atoms with Crippen LogP contribution in [0.15, 0.2) is 35.9 Å². The Kier molecular flexibility index (Phi) is 8.69. The maximum Gasteiger partial charge on any atom is 0.307 e. The van der Waals surface area contributed by atoms with Crippen molar-refractivity contribution in [2.45, 2.75) is 51.9 Å². The Bertz CT molecular complexity index is 625. The van der Waals surface area contributed by atoms with Gasteiger partial charge < -0.3 is 9.64 Å². The molecular weight excluding hydrogens is 350 g/mol. The molecule has 0 fully saturated rings. The molecule has 0 heterocycles. The fraction of sp³-hybridized carbons (Fsp3) is 0.524. The number of hydrogen-bond acceptors (Lipinski definition) is 3. The zero-order valence-corrected chi connectivity index (χ0v) is 16.3. The second-order valence-corrected chi connectivity index (χ2v) is 7.03. The van der Waals surface area contributed by atoms with E-state index in [0.29, 0.717) is 31.1 Å². The van der Waals surface area contributed by atoms with Gasteiger partial charge in [0.2, 0.25) is 5.91 Å². The van der Waals surface area contributed by atoms with Crippen LogP contribution in [0.25, 0.3) is 0 Å². The minimum atomic E-state index is -0.256. The molecule has 1 aromatic carbocycles. The van der Waals surface area contributed by atoms with E-state index in [2.05, 4.69) is 6.08 Å². The molecule has 0 saturated carbocycles. The Morgan fingerprint density at radius 1 is 1.15 bits per heavy atom. The summed E-state index contributed by atoms with van der Waals surface area (Å²) >= 11 is 5.91. The second-order valence-electron chi connectivity index (χ2n) is 6.60. The van der Waals surface area contributed by atoms with Crippen molar-refractivity contribution in [3.63, 3.8) is 0 Å². The highest BCUT2D eigenvalue weighted by molar-refractivity contribution is 6.30. The quantitative estimate of drug-likeness (QED) is 0.468. The van der Waals surface area contributed by atoms with Crippen LogP contribution in [0, 0.1) is 0 Å². The van der Waals surface area contributed by atoms with Crippen molar-refractivity contribution in [1.29, 1.82) is 0 Å². The van der Waals surface area contributed by atoms with Crippen LogP contribution in [0.3, 0.4) is 0 Å². The fourth-order valence-electron chi connectivity index (χ4n) is 3.12. The third kappa shape index (κ3) is 7.20. The monoisotopic (exact) mass is 377 g/mol. The van der Waals surface area contributed by atoms with Gasteiger partial charge in [0.15, 0.2) is 0 Å². The Hall–Kier alpha value is -1.81. The van der Waals surface area contributed by atoms with Crippen molar-refractivity contribution in [3.05, 3.63) is 46.5 Å². The number of hydrogen-bond donors (Lipinski definition) is 0. The van der Waals surface area contributed by atoms with Gasteiger partial charge in [0.25, 0.3) is 0 Å². The van der Waals surface area contributed by atoms with E-state index in [4.69, 9.17) is 16.3 Å². The number of esters is 1. The van der Waals surface area contributed by atoms with E-state index in [1.807, 2.05) is 12.1 Å². The van der Waals surface area contributed by atoms with Gasteiger partial charge >= 0.3 is 5.97 Å². The van der Waals surface area contributed by atoms with Gasteiger partial charge in [-0.05, 0) is 56.7 Å². The number of halogens is 1. The van der Waals surface area contributed by atoms with Crippen LogP contribution in [-0.2, 0) is 20.7 Å². The summed E-state index contributed by atoms with van der Waals surface area (Å²) in [6.45, 7) is 3.21. The summed E-state index contributed by atoms with van der Waals surface area (Å²) in [7, 11) is 0. The van der Waals surface area contributed by atoms with Crippen LogP contribution in [0.2, 0.25) is 5.02 Å². The molecule has 0 bridgehead atoms. The zero-order valence-electron chi connectivity index (χ0n) is 15.5. The molecule has 0 N–H and O–H groups in total. The lowest BCUT2D eigenvalue weighted by Gasteiger charge is -2.24. The smallest absolute Gasteiger partial charge is 0.307 e. The highest BCUT2D eigenvalue weighted by Gasteiger charge is 2.17. The maximum absolute atomic E-state index is 12.8. The molecule has 2 rings (SSSR count). The van der Waals surface area contributed by atoms with Crippen LogP contribution < -0.4 is 0 Å². The van der Waals surface area contributed by atoms with Crippen molar-refractivity contribution in [2.24, 2.45) is 0 Å². The van der Waals surface area contributed by atoms with Crippen LogP contribution in [0.5, 0.6) is 0 Å². The van der Waals surface area contributed by atoms with Crippen LogP contribution >= 0.6 is 11.6 Å². The average molecular weight is 378 g/mol. The first kappa shape index (κ1) is 20.5. The average Bonchev–Trinajstić information content (AvgIpc) is 2.64. The molecule has 4 nitrogen and oxygen atoms in total. The first-order valence-corrected chi connectivity index (χ1v) is 9.82. The van der Waals surface area contributed by atoms with Gasteiger partial charge in [-0.15, -0.1) is 0 Å². The summed E-state index contributed by atoms with van der Waals surface area (Å²) in [6, 6.07) is 7.32. The third-order valence-electron chi connectivity index (χ3n) is 4.60. The standard InChI is InChI=1S/C21H28ClNO3/c1-2-26-21(25)13-15-23(14-12-17-6-4-3-5-7-17)20(24)16-18-8-10-19(22)11-9-18/h6,8-11H,2-5,7,12-16H2,1H3. The van der Waals surface area contributed by atoms with Gasteiger partial charge in [-0.2, -0.15) is 0 Å². The van der Waals surface area contributed by atoms with E-state index in [-0.39, 0.29) is 18.3 Å². The molecule has 0 aromatic heterocycles. The molecule has 0 saturated heterocycles. The van der Waals surface area contributed by atoms with E-state index < -0.39 is 0 Å². The lowest BCUT2D eigenvalue weighted by Crippen LogP contribution is -2.35. The molecule has 0 aliphatic heterocycles. The van der Waals surface area contributed by atoms with E-state index in [0.717, 1.165) is 24.8 Å². The summed E-state index contributed by atoms with van der Waals surface area (Å²) in [4.78, 5) is 26.2. The van der Waals surface area contributed by atoms with Gasteiger partial charge in [-0.3, -0.25) is 9.59 Å². The second kappa shape index (κ2) is 11.0. The highest BCUT2D eigenvalue weighted by Crippen LogP contribution is 2.20. The molecule has 26 heavy (non-hydrogen) atoms. The molecule has 0 radical (unpaired) electrons. The molecule has 1 amide bonds. The summed E-state index contributed by atoms with van der Waals surface area (Å²) in [6.07, 6.45) is 8.48. The van der Waals surface area contributed by atoms with E-state index >= 15 is 0 Å². The first-order chi connectivity index (χ1) is 12.6. The Labute approximate surface area is 161 Å². The zero-order chi connectivity index (χ0) is 18.8. The Morgan fingerprint density at radius 3 is 2.58 bits per heavy atom. The molecule has 0 spiro atoms. The van der Waals surface area contributed by atoms with Crippen LogP contribution in [0.1, 0.15) is 51.0 Å². The normalized spacial score (nSPS) is 13.8. The molecule has 0 unspecified atom stereocenters. The summed E-state index contributed by atoms with van der Waals surface area (Å²) in [5.74, 6) is -0.221. The van der Waals surface area contributed by atoms with Crippen molar-refractivity contribution in [2.75, 3.05) is 19.7 Å². The van der Waals surface area contributed by atoms with Crippen molar-refractivity contribution in [1.82, 2.24) is 4.90 Å². The van der Waals surface area contributed by atoms with Gasteiger partial charge in [0, 0.05) is 18.1 Å². The van der Waals surface area contributed by atoms with E-state index in [1.54, 1.807) is 24.0 Å². The SMILES string of the molecule is CCOC(=O)CCN(CCC1=CCCCC1)C(=O)Cc1ccc(Cl)cc1. The number of allylic oxidation sites excluding steroid dienone is 1. The maximum atomic E-state index is 12.8. The lowest BCUT2D eigenvalue weighted by molar-refractivity contribution is -0.144. The van der Waals surface area contributed by atoms with Crippen molar-refractivity contribution >= 4 is 23.5 Å². The third-order valence-corrected chi connectivity index (χ3v) is 4.85. The van der Waals surface area contributed by atoms with Gasteiger partial charge in [-0.1, -0.05) is 35.4 Å². The molecule has 1 aliphatic carbocycles. The topological polar surface area (TPSA) is 46.6 Å². The fourth-order valence-corrected chi connectivity index (χ4v) is 3.25. The van der Waals surface area contributed by atoms with Crippen molar-refractivity contribution < 1.29 is 14.3 Å². The molecule has 1 aliphatic rings. The minimum absolute atomic E-state index is 0.0352. The van der Waals surface area contributed by atoms with E-state index in [1.165, 1.54) is 18.4 Å². The summed E-state index contributed by atoms with van der Waals surface area (Å²) < 4.78 is 4.99. The van der Waals surface area contributed by atoms with Crippen molar-refractivity contribution in [3.8, 4) is 0 Å². The predicted octanol–water partition coefficient (Wildman–Crippen LogP) is 4.55. The molecule has 0 atom stereocenters. The number of carbonyl (C=O) groups is 2. The summed E-state index contributed by atoms with van der Waals surface area (Å²) in [5, 5.41) is 0.657. The number of amides is 1. The molecule has 5 heteroatoms. The number of nitrogens with zero attached hydrogens (tertiary/aromatic N) is 1. The molecule has 142 valence electrons. The number of rotatable bonds is 9. The van der Waals surface area contributed by atoms with Crippen LogP contribution in [-0.4, -0.2) is 36.5 Å². The number of ether oxygens (including phenoxy) is 1. The largest absolute Gasteiger partial charge is 0.466 e. The van der Waals surface area contributed by atoms with Gasteiger partial charge in [-0.25, -0.2) is 0 Å². The minimum Gasteiger partial charge on any atom is -0.466 e. The van der Waals surface area contributed by atoms with Crippen LogP contribution in [0.4, 0.5) is 0 Å². The molecular formula is C21H28ClNO3. The Balaban J connectivity index is 1.95. The number of carbonyl (C=O) groups excluding carboxylic acids is 2. The Morgan fingerprint density at radius 2 is 1.92 bits per heavy atom. The van der Waals surface area contributed by atoms with E-state index in [9.17, 15) is 9.59 Å². The highest BCUT2D eigenvalue weighted by atomic mass is 35.5. The van der Waals surface area contributed by atoms with Gasteiger partial charge in [0.05, 0.1) is 19.4 Å².